The van der Waals surface area contributed by atoms with E-state index in [2.05, 4.69) is 4.98 Å². The van der Waals surface area contributed by atoms with E-state index in [1.165, 1.54) is 0 Å². The van der Waals surface area contributed by atoms with Gasteiger partial charge in [-0.15, -0.1) is 0 Å². The van der Waals surface area contributed by atoms with Gasteiger partial charge in [-0.05, 0) is 18.6 Å². The van der Waals surface area contributed by atoms with Gasteiger partial charge in [0, 0.05) is 6.54 Å². The molecule has 0 bridgehead atoms. The lowest BCUT2D eigenvalue weighted by molar-refractivity contribution is -0.137. The highest BCUT2D eigenvalue weighted by Gasteiger charge is 2.09. The highest BCUT2D eigenvalue weighted by atomic mass is 16.4. The first-order valence-corrected chi connectivity index (χ1v) is 5.45. The van der Waals surface area contributed by atoms with Crippen LogP contribution in [0.5, 0.6) is 0 Å². The summed E-state index contributed by atoms with van der Waals surface area (Å²) in [4.78, 5) is 36.9. The minimum absolute atomic E-state index is 0.132. The van der Waals surface area contributed by atoms with Crippen molar-refractivity contribution in [1.29, 1.82) is 0 Å². The van der Waals surface area contributed by atoms with Gasteiger partial charge in [-0.25, -0.2) is 4.79 Å². The number of hydrogen-bond donors (Lipinski definition) is 2. The Labute approximate surface area is 102 Å². The number of carboxylic acids is 1. The van der Waals surface area contributed by atoms with Gasteiger partial charge in [-0.1, -0.05) is 12.1 Å². The summed E-state index contributed by atoms with van der Waals surface area (Å²) in [5, 5.41) is 8.98. The van der Waals surface area contributed by atoms with Gasteiger partial charge in [0.2, 0.25) is 0 Å². The summed E-state index contributed by atoms with van der Waals surface area (Å²) in [7, 11) is 0. The molecule has 0 atom stereocenters. The molecule has 6 nitrogen and oxygen atoms in total. The second kappa shape index (κ2) is 4.48. The average Bonchev–Trinajstić information content (AvgIpc) is 2.30. The summed E-state index contributed by atoms with van der Waals surface area (Å²) in [6, 6.07) is 5.12. The number of aromatic nitrogens is 2. The van der Waals surface area contributed by atoms with E-state index in [0.29, 0.717) is 10.9 Å². The van der Waals surface area contributed by atoms with Crippen molar-refractivity contribution in [3.05, 3.63) is 44.6 Å². The third kappa shape index (κ3) is 2.04. The highest BCUT2D eigenvalue weighted by molar-refractivity contribution is 5.80. The normalized spacial score (nSPS) is 10.7. The summed E-state index contributed by atoms with van der Waals surface area (Å²) >= 11 is 0. The lowest BCUT2D eigenvalue weighted by Gasteiger charge is -2.06. The van der Waals surface area contributed by atoms with Crippen LogP contribution in [-0.2, 0) is 11.3 Å². The molecule has 0 aliphatic heterocycles. The largest absolute Gasteiger partial charge is 0.481 e. The molecule has 2 rings (SSSR count). The van der Waals surface area contributed by atoms with Gasteiger partial charge in [0.15, 0.2) is 0 Å². The Bertz CT molecular complexity index is 727. The van der Waals surface area contributed by atoms with Crippen LogP contribution in [0, 0.1) is 6.92 Å². The molecule has 0 aliphatic carbocycles. The smallest absolute Gasteiger partial charge is 0.328 e. The lowest BCUT2D eigenvalue weighted by Crippen LogP contribution is -2.35. The third-order valence-electron chi connectivity index (χ3n) is 2.77. The van der Waals surface area contributed by atoms with Crippen molar-refractivity contribution in [1.82, 2.24) is 9.55 Å². The molecule has 94 valence electrons. The molecule has 0 saturated heterocycles. The van der Waals surface area contributed by atoms with Crippen LogP contribution in [0.3, 0.4) is 0 Å². The van der Waals surface area contributed by atoms with E-state index in [1.54, 1.807) is 25.1 Å². The Morgan fingerprint density at radius 3 is 2.78 bits per heavy atom. The molecule has 2 N–H and O–H groups in total. The van der Waals surface area contributed by atoms with Crippen LogP contribution in [0.25, 0.3) is 10.9 Å². The van der Waals surface area contributed by atoms with Crippen molar-refractivity contribution >= 4 is 16.9 Å². The molecular weight excluding hydrogens is 236 g/mol. The molecule has 1 aromatic heterocycles. The monoisotopic (exact) mass is 248 g/mol. The first-order chi connectivity index (χ1) is 8.50. The maximum Gasteiger partial charge on any atom is 0.328 e. The summed E-state index contributed by atoms with van der Waals surface area (Å²) in [6.45, 7) is 1.66. The Hall–Kier alpha value is -2.37. The quantitative estimate of drug-likeness (QED) is 0.826. The van der Waals surface area contributed by atoms with E-state index in [9.17, 15) is 14.4 Å². The Morgan fingerprint density at radius 2 is 2.11 bits per heavy atom. The van der Waals surface area contributed by atoms with Crippen molar-refractivity contribution in [3.63, 3.8) is 0 Å². The average molecular weight is 248 g/mol. The van der Waals surface area contributed by atoms with Crippen LogP contribution in [0.1, 0.15) is 12.0 Å². The maximum atomic E-state index is 12.1. The molecule has 18 heavy (non-hydrogen) atoms. The Balaban J connectivity index is 2.66. The van der Waals surface area contributed by atoms with Crippen molar-refractivity contribution in [3.8, 4) is 0 Å². The zero-order valence-electron chi connectivity index (χ0n) is 9.77. The Kier molecular flexibility index (Phi) is 3.01. The highest BCUT2D eigenvalue weighted by Crippen LogP contribution is 2.09. The zero-order valence-corrected chi connectivity index (χ0v) is 9.77. The summed E-state index contributed by atoms with van der Waals surface area (Å²) in [6.07, 6.45) is -0.264. The minimum Gasteiger partial charge on any atom is -0.481 e. The summed E-state index contributed by atoms with van der Waals surface area (Å²) in [5.74, 6) is -1.05. The number of hydrogen-bond acceptors (Lipinski definition) is 3. The molecule has 0 amide bonds. The van der Waals surface area contributed by atoms with Crippen molar-refractivity contribution < 1.29 is 9.90 Å². The van der Waals surface area contributed by atoms with Gasteiger partial charge in [0.05, 0.1) is 17.3 Å². The molecule has 0 radical (unpaired) electrons. The summed E-state index contributed by atoms with van der Waals surface area (Å²) < 4.78 is 0.913. The maximum absolute atomic E-state index is 12.1. The van der Waals surface area contributed by atoms with Crippen LogP contribution < -0.4 is 11.2 Å². The lowest BCUT2D eigenvalue weighted by atomic mass is 10.1. The van der Waals surface area contributed by atoms with Crippen LogP contribution in [0.15, 0.2) is 27.8 Å². The van der Waals surface area contributed by atoms with E-state index < -0.39 is 17.2 Å². The summed E-state index contributed by atoms with van der Waals surface area (Å²) in [5.41, 5.74) is 0.257. The van der Waals surface area contributed by atoms with Crippen LogP contribution in [0.2, 0.25) is 0 Å². The van der Waals surface area contributed by atoms with Crippen molar-refractivity contribution in [2.24, 2.45) is 0 Å². The number of H-pyrrole nitrogens is 1. The third-order valence-corrected chi connectivity index (χ3v) is 2.77. The van der Waals surface area contributed by atoms with E-state index in [4.69, 9.17) is 5.11 Å². The van der Waals surface area contributed by atoms with Gasteiger partial charge in [0.25, 0.3) is 5.56 Å². The van der Waals surface area contributed by atoms with Gasteiger partial charge in [0.1, 0.15) is 0 Å². The molecule has 0 aliphatic rings. The number of para-hydroxylation sites is 1. The second-order valence-electron chi connectivity index (χ2n) is 4.03. The molecule has 1 heterocycles. The van der Waals surface area contributed by atoms with Gasteiger partial charge < -0.3 is 10.1 Å². The number of aromatic amines is 1. The fourth-order valence-corrected chi connectivity index (χ4v) is 1.83. The van der Waals surface area contributed by atoms with Crippen molar-refractivity contribution in [2.75, 3.05) is 0 Å². The molecule has 2 aromatic rings. The molecule has 6 heteroatoms. The predicted octanol–water partition coefficient (Wildman–Crippen LogP) is 0.473. The van der Waals surface area contributed by atoms with E-state index in [0.717, 1.165) is 10.1 Å². The van der Waals surface area contributed by atoms with Gasteiger partial charge in [-0.2, -0.15) is 0 Å². The SMILES string of the molecule is Cc1cccc2c(=O)n(CCC(=O)O)c(=O)[nH]c12. The molecule has 0 fully saturated rings. The molecule has 0 spiro atoms. The molecule has 0 unspecified atom stereocenters. The number of fused-ring (bicyclic) bond motifs is 1. The number of nitrogens with zero attached hydrogens (tertiary/aromatic N) is 1. The predicted molar refractivity (Wildman–Crippen MR) is 65.8 cm³/mol. The number of carboxylic acid groups (broad SMARTS) is 1. The minimum atomic E-state index is -1.05. The van der Waals surface area contributed by atoms with E-state index in [1.807, 2.05) is 0 Å². The van der Waals surface area contributed by atoms with E-state index in [-0.39, 0.29) is 13.0 Å². The molecule has 0 saturated carbocycles. The van der Waals surface area contributed by atoms with Gasteiger partial charge >= 0.3 is 11.7 Å². The number of rotatable bonds is 3. The van der Waals surface area contributed by atoms with E-state index >= 15 is 0 Å². The molecular formula is C12H12N2O4. The van der Waals surface area contributed by atoms with Crippen molar-refractivity contribution in [2.45, 2.75) is 19.9 Å². The van der Waals surface area contributed by atoms with Gasteiger partial charge in [-0.3, -0.25) is 14.2 Å². The zero-order chi connectivity index (χ0) is 13.3. The number of benzene rings is 1. The number of carbonyl (C=O) groups is 1. The number of nitrogens with one attached hydrogen (secondary N) is 1. The topological polar surface area (TPSA) is 92.2 Å². The van der Waals surface area contributed by atoms with Crippen LogP contribution in [0.4, 0.5) is 0 Å². The standard InChI is InChI=1S/C12H12N2O4/c1-7-3-2-4-8-10(7)13-12(18)14(11(8)17)6-5-9(15)16/h2-4H,5-6H2,1H3,(H,13,18)(H,15,16). The fourth-order valence-electron chi connectivity index (χ4n) is 1.83. The number of aryl methyl sites for hydroxylation is 1. The fraction of sp³-hybridized carbons (Fsp3) is 0.250. The first kappa shape index (κ1) is 12.1. The molecule has 1 aromatic carbocycles. The first-order valence-electron chi connectivity index (χ1n) is 5.45. The van der Waals surface area contributed by atoms with Crippen LogP contribution in [-0.4, -0.2) is 20.6 Å². The second-order valence-corrected chi connectivity index (χ2v) is 4.03. The number of aliphatic carboxylic acids is 1. The Morgan fingerprint density at radius 1 is 1.39 bits per heavy atom. The van der Waals surface area contributed by atoms with Crippen LogP contribution >= 0.6 is 0 Å².